The van der Waals surface area contributed by atoms with Crippen molar-refractivity contribution in [1.82, 2.24) is 5.32 Å². The molecule has 4 rings (SSSR count). The van der Waals surface area contributed by atoms with Crippen LogP contribution in [0.1, 0.15) is 60.3 Å². The first kappa shape index (κ1) is 27.0. The Labute approximate surface area is 224 Å². The van der Waals surface area contributed by atoms with Crippen LogP contribution in [0.2, 0.25) is 0 Å². The number of nitrogens with one attached hydrogen (secondary N) is 1. The number of carbonyl (C=O) groups is 2. The van der Waals surface area contributed by atoms with Crippen LogP contribution in [0, 0.1) is 13.8 Å². The maximum atomic E-state index is 13.8. The lowest BCUT2D eigenvalue weighted by Crippen LogP contribution is -2.70. The summed E-state index contributed by atoms with van der Waals surface area (Å²) in [7, 11) is 3.12. The number of phenols is 1. The maximum Gasteiger partial charge on any atom is 0.251 e. The molecule has 200 valence electrons. The fourth-order valence-electron chi connectivity index (χ4n) is 6.17. The van der Waals surface area contributed by atoms with Gasteiger partial charge in [-0.2, -0.15) is 0 Å². The quantitative estimate of drug-likeness (QED) is 0.482. The molecule has 0 radical (unpaired) electrons. The van der Waals surface area contributed by atoms with Crippen molar-refractivity contribution in [3.8, 4) is 17.2 Å². The van der Waals surface area contributed by atoms with Crippen molar-refractivity contribution in [3.63, 3.8) is 0 Å². The van der Waals surface area contributed by atoms with Crippen molar-refractivity contribution < 1.29 is 24.2 Å². The molecule has 0 bridgehead atoms. The highest BCUT2D eigenvalue weighted by molar-refractivity contribution is 5.99. The lowest BCUT2D eigenvalue weighted by molar-refractivity contribution is -0.118. The maximum absolute atomic E-state index is 13.8. The first-order valence-electron chi connectivity index (χ1n) is 12.6. The molecule has 3 aromatic carbocycles. The van der Waals surface area contributed by atoms with E-state index in [1.54, 1.807) is 24.1 Å². The van der Waals surface area contributed by atoms with Crippen LogP contribution in [0.5, 0.6) is 17.2 Å². The Morgan fingerprint density at radius 1 is 0.895 bits per heavy atom. The van der Waals surface area contributed by atoms with E-state index >= 15 is 0 Å². The van der Waals surface area contributed by atoms with Gasteiger partial charge in [-0.25, -0.2) is 0 Å². The van der Waals surface area contributed by atoms with Crippen molar-refractivity contribution in [1.29, 1.82) is 0 Å². The fraction of sp³-hybridized carbons (Fsp3) is 0.355. The fourth-order valence-corrected chi connectivity index (χ4v) is 6.17. The summed E-state index contributed by atoms with van der Waals surface area (Å²) in [5, 5.41) is 14.7. The van der Waals surface area contributed by atoms with E-state index in [1.807, 2.05) is 77.1 Å². The monoisotopic (exact) mass is 516 g/mol. The molecule has 2 N–H and O–H groups in total. The zero-order valence-electron chi connectivity index (χ0n) is 23.3. The van der Waals surface area contributed by atoms with Crippen LogP contribution < -0.4 is 19.7 Å². The number of ether oxygens (including phenoxy) is 2. The standard InChI is InChI=1S/C31H36N2O5/c1-18-13-19(2)15-21(14-18)28(36)32-29-30(4,5)33(20(3)34)25-16-24(38-8)17-26(35)27(25)31(29,6)22-9-11-23(37-7)12-10-22/h9-17,29,35H,1-8H3,(H,32,36). The molecule has 0 saturated carbocycles. The third kappa shape index (κ3) is 4.36. The van der Waals surface area contributed by atoms with Crippen LogP contribution in [0.25, 0.3) is 0 Å². The van der Waals surface area contributed by atoms with E-state index in [-0.39, 0.29) is 17.6 Å². The van der Waals surface area contributed by atoms with E-state index in [4.69, 9.17) is 9.47 Å². The van der Waals surface area contributed by atoms with Gasteiger partial charge in [-0.3, -0.25) is 9.59 Å². The molecule has 0 spiro atoms. The average Bonchev–Trinajstić information content (AvgIpc) is 2.84. The number of hydrogen-bond donors (Lipinski definition) is 2. The number of aromatic hydroxyl groups is 1. The summed E-state index contributed by atoms with van der Waals surface area (Å²) < 4.78 is 10.8. The topological polar surface area (TPSA) is 88.1 Å². The Bertz CT molecular complexity index is 1380. The summed E-state index contributed by atoms with van der Waals surface area (Å²) >= 11 is 0. The second-order valence-electron chi connectivity index (χ2n) is 10.8. The summed E-state index contributed by atoms with van der Waals surface area (Å²) in [6.07, 6.45) is 0. The molecule has 2 amide bonds. The smallest absolute Gasteiger partial charge is 0.251 e. The van der Waals surface area contributed by atoms with E-state index < -0.39 is 17.0 Å². The minimum atomic E-state index is -0.943. The molecule has 0 aromatic heterocycles. The van der Waals surface area contributed by atoms with Crippen molar-refractivity contribution in [2.75, 3.05) is 19.1 Å². The number of aryl methyl sites for hydroxylation is 2. The van der Waals surface area contributed by atoms with E-state index in [1.165, 1.54) is 14.0 Å². The van der Waals surface area contributed by atoms with E-state index in [0.717, 1.165) is 16.7 Å². The number of methoxy groups -OCH3 is 2. The van der Waals surface area contributed by atoms with Gasteiger partial charge in [0, 0.05) is 35.6 Å². The predicted molar refractivity (Wildman–Crippen MR) is 149 cm³/mol. The largest absolute Gasteiger partial charge is 0.507 e. The lowest BCUT2D eigenvalue weighted by atomic mass is 9.61. The first-order valence-corrected chi connectivity index (χ1v) is 12.6. The molecular formula is C31H36N2O5. The molecule has 0 saturated heterocycles. The molecule has 0 fully saturated rings. The molecule has 0 aliphatic carbocycles. The molecule has 3 aromatic rings. The van der Waals surface area contributed by atoms with Gasteiger partial charge >= 0.3 is 0 Å². The number of phenolic OH excluding ortho intramolecular Hbond substituents is 1. The number of carbonyl (C=O) groups excluding carboxylic acids is 2. The second kappa shape index (κ2) is 9.71. The van der Waals surface area contributed by atoms with Gasteiger partial charge in [0.15, 0.2) is 0 Å². The van der Waals surface area contributed by atoms with Gasteiger partial charge in [0.1, 0.15) is 17.2 Å². The molecule has 2 atom stereocenters. The zero-order chi connectivity index (χ0) is 28.0. The van der Waals surface area contributed by atoms with Crippen LogP contribution in [0.3, 0.4) is 0 Å². The van der Waals surface area contributed by atoms with Crippen LogP contribution in [-0.2, 0) is 10.2 Å². The van der Waals surface area contributed by atoms with Crippen molar-refractivity contribution >= 4 is 17.5 Å². The highest BCUT2D eigenvalue weighted by Gasteiger charge is 2.57. The number of anilines is 1. The molecule has 7 nitrogen and oxygen atoms in total. The van der Waals surface area contributed by atoms with Gasteiger partial charge in [0.2, 0.25) is 5.91 Å². The van der Waals surface area contributed by atoms with Gasteiger partial charge in [0.05, 0.1) is 31.5 Å². The molecule has 1 heterocycles. The van der Waals surface area contributed by atoms with Gasteiger partial charge in [-0.05, 0) is 64.4 Å². The highest BCUT2D eigenvalue weighted by Crippen LogP contribution is 2.55. The minimum absolute atomic E-state index is 0.0231. The second-order valence-corrected chi connectivity index (χ2v) is 10.8. The first-order chi connectivity index (χ1) is 17.8. The van der Waals surface area contributed by atoms with E-state index in [2.05, 4.69) is 5.32 Å². The Hall–Kier alpha value is -4.00. The molecule has 7 heteroatoms. The summed E-state index contributed by atoms with van der Waals surface area (Å²) in [6, 6.07) is 16.0. The van der Waals surface area contributed by atoms with Crippen LogP contribution in [0.4, 0.5) is 5.69 Å². The van der Waals surface area contributed by atoms with Crippen LogP contribution in [0.15, 0.2) is 54.6 Å². The zero-order valence-corrected chi connectivity index (χ0v) is 23.3. The number of fused-ring (bicyclic) bond motifs is 1. The number of nitrogens with zero attached hydrogens (tertiary/aromatic N) is 1. The Morgan fingerprint density at radius 2 is 1.47 bits per heavy atom. The Kier molecular flexibility index (Phi) is 6.91. The van der Waals surface area contributed by atoms with Gasteiger partial charge in [-0.1, -0.05) is 29.3 Å². The molecule has 2 unspecified atom stereocenters. The number of hydrogen-bond acceptors (Lipinski definition) is 5. The van der Waals surface area contributed by atoms with Crippen molar-refractivity contribution in [2.45, 2.75) is 58.5 Å². The Balaban J connectivity index is 2.01. The summed E-state index contributed by atoms with van der Waals surface area (Å²) in [5.74, 6) is 0.622. The van der Waals surface area contributed by atoms with Gasteiger partial charge in [0.25, 0.3) is 5.91 Å². The molecule has 1 aliphatic heterocycles. The number of benzene rings is 3. The molecule has 1 aliphatic rings. The number of amides is 2. The lowest BCUT2D eigenvalue weighted by Gasteiger charge is -2.57. The number of rotatable bonds is 5. The average molecular weight is 517 g/mol. The predicted octanol–water partition coefficient (Wildman–Crippen LogP) is 5.28. The summed E-state index contributed by atoms with van der Waals surface area (Å²) in [4.78, 5) is 28.6. The third-order valence-electron chi connectivity index (χ3n) is 7.69. The van der Waals surface area contributed by atoms with Crippen LogP contribution in [-0.4, -0.2) is 42.7 Å². The highest BCUT2D eigenvalue weighted by atomic mass is 16.5. The van der Waals surface area contributed by atoms with Crippen molar-refractivity contribution in [2.24, 2.45) is 0 Å². The third-order valence-corrected chi connectivity index (χ3v) is 7.69. The van der Waals surface area contributed by atoms with Gasteiger partial charge in [-0.15, -0.1) is 0 Å². The molecule has 38 heavy (non-hydrogen) atoms. The van der Waals surface area contributed by atoms with Crippen LogP contribution >= 0.6 is 0 Å². The SMILES string of the molecule is COc1ccc(C2(C)c3c(O)cc(OC)cc3N(C(C)=O)C(C)(C)C2NC(=O)c2cc(C)cc(C)c2)cc1. The van der Waals surface area contributed by atoms with Gasteiger partial charge < -0.3 is 24.8 Å². The summed E-state index contributed by atoms with van der Waals surface area (Å²) in [5.41, 5.74) is 2.57. The molecular weight excluding hydrogens is 480 g/mol. The Morgan fingerprint density at radius 3 is 2.00 bits per heavy atom. The van der Waals surface area contributed by atoms with E-state index in [9.17, 15) is 14.7 Å². The van der Waals surface area contributed by atoms with Crippen molar-refractivity contribution in [3.05, 3.63) is 82.4 Å². The summed E-state index contributed by atoms with van der Waals surface area (Å²) in [6.45, 7) is 11.3. The van der Waals surface area contributed by atoms with E-state index in [0.29, 0.717) is 28.3 Å². The minimum Gasteiger partial charge on any atom is -0.507 e. The normalized spacial score (nSPS) is 19.9.